The zero-order valence-electron chi connectivity index (χ0n) is 14.5. The second-order valence-electron chi connectivity index (χ2n) is 5.78. The molecular weight excluding hydrogens is 334 g/mol. The molecule has 3 rings (SSSR count). The van der Waals surface area contributed by atoms with E-state index in [4.69, 9.17) is 9.15 Å². The Morgan fingerprint density at radius 1 is 1.23 bits per heavy atom. The Hall–Kier alpha value is -3.35. The molecule has 0 aliphatic heterocycles. The van der Waals surface area contributed by atoms with E-state index in [2.05, 4.69) is 10.4 Å². The normalized spacial score (nSPS) is 11.8. The minimum absolute atomic E-state index is 0.242. The van der Waals surface area contributed by atoms with Crippen LogP contribution in [0, 0.1) is 6.92 Å². The fourth-order valence-corrected chi connectivity index (χ4v) is 2.39. The maximum absolute atomic E-state index is 12.2. The molecule has 0 spiro atoms. The van der Waals surface area contributed by atoms with Crippen molar-refractivity contribution in [3.63, 3.8) is 0 Å². The van der Waals surface area contributed by atoms with Crippen molar-refractivity contribution < 1.29 is 18.7 Å². The molecule has 1 aromatic carbocycles. The first-order valence-electron chi connectivity index (χ1n) is 8.17. The summed E-state index contributed by atoms with van der Waals surface area (Å²) >= 11 is 0. The summed E-state index contributed by atoms with van der Waals surface area (Å²) in [6.07, 6.45) is 2.32. The first kappa shape index (κ1) is 17.5. The molecule has 0 saturated heterocycles. The van der Waals surface area contributed by atoms with Crippen LogP contribution in [0.1, 0.15) is 28.7 Å². The molecule has 1 atom stereocenters. The van der Waals surface area contributed by atoms with Gasteiger partial charge in [0.1, 0.15) is 5.76 Å². The first-order chi connectivity index (χ1) is 12.5. The van der Waals surface area contributed by atoms with Gasteiger partial charge in [-0.05, 0) is 56.3 Å². The van der Waals surface area contributed by atoms with Gasteiger partial charge < -0.3 is 14.5 Å². The molecule has 0 bridgehead atoms. The van der Waals surface area contributed by atoms with Crippen LogP contribution in [0.5, 0.6) is 0 Å². The Balaban J connectivity index is 1.57. The number of hydrogen-bond donors (Lipinski definition) is 1. The molecule has 0 aliphatic carbocycles. The highest BCUT2D eigenvalue weighted by Crippen LogP contribution is 2.13. The molecule has 0 unspecified atom stereocenters. The fraction of sp³-hybridized carbons (Fsp3) is 0.211. The van der Waals surface area contributed by atoms with Crippen molar-refractivity contribution >= 4 is 11.9 Å². The van der Waals surface area contributed by atoms with Gasteiger partial charge in [-0.25, -0.2) is 9.48 Å². The summed E-state index contributed by atoms with van der Waals surface area (Å²) in [6.45, 7) is 3.71. The van der Waals surface area contributed by atoms with Gasteiger partial charge >= 0.3 is 5.97 Å². The van der Waals surface area contributed by atoms with Crippen LogP contribution in [0.4, 0.5) is 0 Å². The van der Waals surface area contributed by atoms with Crippen molar-refractivity contribution in [3.05, 3.63) is 71.9 Å². The number of carbonyl (C=O) groups is 2. The van der Waals surface area contributed by atoms with E-state index in [9.17, 15) is 9.59 Å². The summed E-state index contributed by atoms with van der Waals surface area (Å²) in [5.74, 6) is -0.325. The number of rotatable bonds is 6. The summed E-state index contributed by atoms with van der Waals surface area (Å²) in [6, 6.07) is 12.2. The molecule has 0 fully saturated rings. The Morgan fingerprint density at radius 2 is 2.00 bits per heavy atom. The Kier molecular flexibility index (Phi) is 5.17. The number of carbonyl (C=O) groups excluding carboxylic acids is 2. The number of hydrogen-bond acceptors (Lipinski definition) is 5. The largest absolute Gasteiger partial charge is 0.467 e. The standard InChI is InChI=1S/C19H19N3O4/c1-13-9-10-21-22(13)16-7-5-15(6-8-16)19(24)26-14(2)18(23)20-12-17-4-3-11-25-17/h3-11,14H,12H2,1-2H3,(H,20,23)/t14-/m0/s1. The van der Waals surface area contributed by atoms with Crippen molar-refractivity contribution in [1.82, 2.24) is 15.1 Å². The molecule has 2 heterocycles. The van der Waals surface area contributed by atoms with E-state index >= 15 is 0 Å². The molecule has 0 aliphatic rings. The molecule has 1 N–H and O–H groups in total. The molecule has 0 saturated carbocycles. The highest BCUT2D eigenvalue weighted by molar-refractivity contribution is 5.92. The fourth-order valence-electron chi connectivity index (χ4n) is 2.39. The first-order valence-corrected chi connectivity index (χ1v) is 8.17. The van der Waals surface area contributed by atoms with E-state index in [0.717, 1.165) is 11.4 Å². The number of esters is 1. The maximum atomic E-state index is 12.2. The average molecular weight is 353 g/mol. The Morgan fingerprint density at radius 3 is 2.62 bits per heavy atom. The van der Waals surface area contributed by atoms with Crippen LogP contribution in [-0.4, -0.2) is 27.8 Å². The summed E-state index contributed by atoms with van der Waals surface area (Å²) in [5, 5.41) is 6.87. The number of furan rings is 1. The van der Waals surface area contributed by atoms with Crippen molar-refractivity contribution in [2.45, 2.75) is 26.5 Å². The number of nitrogens with one attached hydrogen (secondary N) is 1. The van der Waals surface area contributed by atoms with Crippen LogP contribution in [0.3, 0.4) is 0 Å². The van der Waals surface area contributed by atoms with Crippen LogP contribution < -0.4 is 5.32 Å². The lowest BCUT2D eigenvalue weighted by atomic mass is 10.2. The van der Waals surface area contributed by atoms with Gasteiger partial charge in [0.05, 0.1) is 24.1 Å². The highest BCUT2D eigenvalue weighted by atomic mass is 16.5. The van der Waals surface area contributed by atoms with Crippen LogP contribution >= 0.6 is 0 Å². The lowest BCUT2D eigenvalue weighted by molar-refractivity contribution is -0.129. The van der Waals surface area contributed by atoms with Gasteiger partial charge in [0, 0.05) is 11.9 Å². The monoisotopic (exact) mass is 353 g/mol. The van der Waals surface area contributed by atoms with Gasteiger partial charge in [-0.1, -0.05) is 0 Å². The van der Waals surface area contributed by atoms with E-state index in [1.165, 1.54) is 13.2 Å². The van der Waals surface area contributed by atoms with E-state index in [0.29, 0.717) is 11.3 Å². The van der Waals surface area contributed by atoms with Gasteiger partial charge in [-0.2, -0.15) is 5.10 Å². The topological polar surface area (TPSA) is 86.4 Å². The smallest absolute Gasteiger partial charge is 0.338 e. The Bertz CT molecular complexity index is 882. The minimum atomic E-state index is -0.912. The zero-order chi connectivity index (χ0) is 18.5. The quantitative estimate of drug-likeness (QED) is 0.689. The Labute approximate surface area is 150 Å². The zero-order valence-corrected chi connectivity index (χ0v) is 14.5. The van der Waals surface area contributed by atoms with Crippen molar-refractivity contribution in [2.24, 2.45) is 0 Å². The molecule has 1 amide bonds. The third-order valence-electron chi connectivity index (χ3n) is 3.85. The van der Waals surface area contributed by atoms with E-state index in [1.54, 1.807) is 47.3 Å². The van der Waals surface area contributed by atoms with Crippen molar-refractivity contribution in [1.29, 1.82) is 0 Å². The molecule has 2 aromatic heterocycles. The second-order valence-corrected chi connectivity index (χ2v) is 5.78. The third kappa shape index (κ3) is 4.00. The second kappa shape index (κ2) is 7.69. The van der Waals surface area contributed by atoms with Crippen LogP contribution in [0.25, 0.3) is 5.69 Å². The summed E-state index contributed by atoms with van der Waals surface area (Å²) < 4.78 is 12.1. The van der Waals surface area contributed by atoms with Crippen LogP contribution in [0.2, 0.25) is 0 Å². The average Bonchev–Trinajstić information content (AvgIpc) is 3.31. The number of benzene rings is 1. The van der Waals surface area contributed by atoms with Gasteiger partial charge in [0.25, 0.3) is 5.91 Å². The summed E-state index contributed by atoms with van der Waals surface area (Å²) in [5.41, 5.74) is 2.19. The van der Waals surface area contributed by atoms with Gasteiger partial charge in [-0.3, -0.25) is 4.79 Å². The predicted molar refractivity (Wildman–Crippen MR) is 93.7 cm³/mol. The lowest BCUT2D eigenvalue weighted by Crippen LogP contribution is -2.35. The molecule has 3 aromatic rings. The SMILES string of the molecule is Cc1ccnn1-c1ccc(C(=O)O[C@@H](C)C(=O)NCc2ccco2)cc1. The van der Waals surface area contributed by atoms with E-state index in [1.807, 2.05) is 13.0 Å². The summed E-state index contributed by atoms with van der Waals surface area (Å²) in [4.78, 5) is 24.2. The number of aromatic nitrogens is 2. The molecule has 134 valence electrons. The van der Waals surface area contributed by atoms with Gasteiger partial charge in [0.15, 0.2) is 6.10 Å². The molecular formula is C19H19N3O4. The molecule has 0 radical (unpaired) electrons. The minimum Gasteiger partial charge on any atom is -0.467 e. The molecule has 7 nitrogen and oxygen atoms in total. The number of nitrogens with zero attached hydrogens (tertiary/aromatic N) is 2. The molecule has 26 heavy (non-hydrogen) atoms. The van der Waals surface area contributed by atoms with Gasteiger partial charge in [0.2, 0.25) is 0 Å². The van der Waals surface area contributed by atoms with E-state index < -0.39 is 18.0 Å². The van der Waals surface area contributed by atoms with Gasteiger partial charge in [-0.15, -0.1) is 0 Å². The van der Waals surface area contributed by atoms with Crippen molar-refractivity contribution in [2.75, 3.05) is 0 Å². The van der Waals surface area contributed by atoms with Crippen LogP contribution in [0.15, 0.2) is 59.3 Å². The summed E-state index contributed by atoms with van der Waals surface area (Å²) in [7, 11) is 0. The number of aryl methyl sites for hydroxylation is 1. The number of ether oxygens (including phenoxy) is 1. The third-order valence-corrected chi connectivity index (χ3v) is 3.85. The predicted octanol–water partition coefficient (Wildman–Crippen LogP) is 2.64. The highest BCUT2D eigenvalue weighted by Gasteiger charge is 2.19. The van der Waals surface area contributed by atoms with Crippen LogP contribution in [-0.2, 0) is 16.1 Å². The van der Waals surface area contributed by atoms with E-state index in [-0.39, 0.29) is 6.54 Å². The number of amides is 1. The van der Waals surface area contributed by atoms with Crippen molar-refractivity contribution in [3.8, 4) is 5.69 Å². The maximum Gasteiger partial charge on any atom is 0.338 e. The molecule has 7 heteroatoms. The lowest BCUT2D eigenvalue weighted by Gasteiger charge is -2.13.